The van der Waals surface area contributed by atoms with Crippen molar-refractivity contribution in [1.29, 1.82) is 0 Å². The smallest absolute Gasteiger partial charge is 0.336 e. The first-order valence-corrected chi connectivity index (χ1v) is 7.29. The highest BCUT2D eigenvalue weighted by Gasteiger charge is 2.05. The lowest BCUT2D eigenvalue weighted by molar-refractivity contribution is -0.384. The van der Waals surface area contributed by atoms with Crippen molar-refractivity contribution in [3.05, 3.63) is 86.8 Å². The summed E-state index contributed by atoms with van der Waals surface area (Å²) in [6.45, 7) is 0. The van der Waals surface area contributed by atoms with Crippen molar-refractivity contribution in [2.75, 3.05) is 5.32 Å². The lowest BCUT2D eigenvalue weighted by Gasteiger charge is -2.03. The predicted molar refractivity (Wildman–Crippen MR) is 93.2 cm³/mol. The maximum atomic E-state index is 12.0. The van der Waals surface area contributed by atoms with E-state index in [-0.39, 0.29) is 11.6 Å². The molecule has 3 rings (SSSR count). The molecular weight excluding hydrogens is 324 g/mol. The monoisotopic (exact) mass is 336 g/mol. The molecule has 0 aliphatic rings. The van der Waals surface area contributed by atoms with Gasteiger partial charge in [0.25, 0.3) is 5.69 Å². The van der Waals surface area contributed by atoms with Crippen LogP contribution in [0, 0.1) is 10.1 Å². The maximum absolute atomic E-state index is 12.0. The Morgan fingerprint density at radius 3 is 2.76 bits per heavy atom. The molecule has 1 N–H and O–H groups in total. The number of non-ortho nitro benzene ring substituents is 1. The number of nitro benzene ring substituents is 1. The first-order valence-electron chi connectivity index (χ1n) is 7.29. The largest absolute Gasteiger partial charge is 0.423 e. The van der Waals surface area contributed by atoms with Crippen LogP contribution in [0.15, 0.2) is 69.9 Å². The van der Waals surface area contributed by atoms with E-state index < -0.39 is 10.5 Å². The molecule has 0 atom stereocenters. The lowest BCUT2D eigenvalue weighted by atomic mass is 10.2. The van der Waals surface area contributed by atoms with Gasteiger partial charge in [0.05, 0.1) is 4.92 Å². The number of nitrogens with zero attached hydrogens (tertiary/aromatic N) is 1. The Morgan fingerprint density at radius 2 is 1.96 bits per heavy atom. The summed E-state index contributed by atoms with van der Waals surface area (Å²) in [6, 6.07) is 13.8. The summed E-state index contributed by atoms with van der Waals surface area (Å²) in [5, 5.41) is 14.1. The molecule has 0 unspecified atom stereocenters. The fraction of sp³-hybridized carbons (Fsp3) is 0. The van der Waals surface area contributed by atoms with Crippen molar-refractivity contribution >= 4 is 34.3 Å². The zero-order chi connectivity index (χ0) is 17.8. The fourth-order valence-corrected chi connectivity index (χ4v) is 2.25. The SMILES string of the molecule is O=C(C=Cc1cccc([N+](=O)[O-])c1)Nc1ccc2oc(=O)ccc2c1. The van der Waals surface area contributed by atoms with Crippen LogP contribution in [0.25, 0.3) is 17.0 Å². The van der Waals surface area contributed by atoms with Crippen LogP contribution in [0.3, 0.4) is 0 Å². The summed E-state index contributed by atoms with van der Waals surface area (Å²) in [4.78, 5) is 33.4. The molecule has 7 heteroatoms. The molecule has 2 aromatic carbocycles. The number of carbonyl (C=O) groups is 1. The van der Waals surface area contributed by atoms with Gasteiger partial charge in [-0.3, -0.25) is 14.9 Å². The molecule has 0 fully saturated rings. The van der Waals surface area contributed by atoms with E-state index in [1.165, 1.54) is 30.4 Å². The van der Waals surface area contributed by atoms with Gasteiger partial charge >= 0.3 is 5.63 Å². The molecule has 0 aliphatic carbocycles. The number of anilines is 1. The van der Waals surface area contributed by atoms with Crippen molar-refractivity contribution < 1.29 is 14.1 Å². The number of nitro groups is 1. The van der Waals surface area contributed by atoms with Crippen LogP contribution in [-0.4, -0.2) is 10.8 Å². The van der Waals surface area contributed by atoms with Gasteiger partial charge in [-0.15, -0.1) is 0 Å². The number of hydrogen-bond donors (Lipinski definition) is 1. The summed E-state index contributed by atoms with van der Waals surface area (Å²) >= 11 is 0. The van der Waals surface area contributed by atoms with Crippen LogP contribution >= 0.6 is 0 Å². The molecule has 25 heavy (non-hydrogen) atoms. The molecule has 0 radical (unpaired) electrons. The number of amides is 1. The Balaban J connectivity index is 1.74. The minimum atomic E-state index is -0.495. The summed E-state index contributed by atoms with van der Waals surface area (Å²) < 4.78 is 5.02. The van der Waals surface area contributed by atoms with Gasteiger partial charge in [-0.25, -0.2) is 4.79 Å². The third-order valence-corrected chi connectivity index (χ3v) is 3.40. The van der Waals surface area contributed by atoms with Gasteiger partial charge in [-0.2, -0.15) is 0 Å². The standard InChI is InChI=1S/C18H12N2O5/c21-17(8-4-12-2-1-3-15(10-12)20(23)24)19-14-6-7-16-13(11-14)5-9-18(22)25-16/h1-11H,(H,19,21). The molecule has 1 heterocycles. The molecule has 0 spiro atoms. The Kier molecular flexibility index (Phi) is 4.38. The van der Waals surface area contributed by atoms with Crippen LogP contribution in [0.1, 0.15) is 5.56 Å². The summed E-state index contributed by atoms with van der Waals surface area (Å²) in [7, 11) is 0. The van der Waals surface area contributed by atoms with Crippen molar-refractivity contribution in [2.45, 2.75) is 0 Å². The van der Waals surface area contributed by atoms with Crippen LogP contribution < -0.4 is 10.9 Å². The molecule has 7 nitrogen and oxygen atoms in total. The summed E-state index contributed by atoms with van der Waals surface area (Å²) in [5.41, 5.74) is 1.03. The highest BCUT2D eigenvalue weighted by atomic mass is 16.6. The third kappa shape index (κ3) is 3.97. The first-order chi connectivity index (χ1) is 12.0. The van der Waals surface area contributed by atoms with Gasteiger partial charge in [-0.1, -0.05) is 12.1 Å². The molecule has 0 bridgehead atoms. The molecular formula is C18H12N2O5. The zero-order valence-electron chi connectivity index (χ0n) is 12.8. The number of carbonyl (C=O) groups excluding carboxylic acids is 1. The molecule has 124 valence electrons. The molecule has 1 amide bonds. The topological polar surface area (TPSA) is 102 Å². The quantitative estimate of drug-likeness (QED) is 0.341. The van der Waals surface area contributed by atoms with Crippen molar-refractivity contribution in [3.8, 4) is 0 Å². The predicted octanol–water partition coefficient (Wildman–Crippen LogP) is 3.35. The molecule has 1 aromatic heterocycles. The highest BCUT2D eigenvalue weighted by Crippen LogP contribution is 2.18. The van der Waals surface area contributed by atoms with E-state index >= 15 is 0 Å². The molecule has 3 aromatic rings. The van der Waals surface area contributed by atoms with Gasteiger partial charge in [0, 0.05) is 35.3 Å². The minimum Gasteiger partial charge on any atom is -0.423 e. The van der Waals surface area contributed by atoms with Crippen molar-refractivity contribution in [1.82, 2.24) is 0 Å². The van der Waals surface area contributed by atoms with Crippen LogP contribution in [-0.2, 0) is 4.79 Å². The second kappa shape index (κ2) is 6.79. The minimum absolute atomic E-state index is 0.0430. The van der Waals surface area contributed by atoms with Crippen LogP contribution in [0.5, 0.6) is 0 Å². The molecule has 0 aliphatic heterocycles. The van der Waals surface area contributed by atoms with E-state index in [1.54, 1.807) is 36.4 Å². The van der Waals surface area contributed by atoms with Gasteiger partial charge in [0.15, 0.2) is 0 Å². The summed E-state index contributed by atoms with van der Waals surface area (Å²) in [5.74, 6) is -0.386. The van der Waals surface area contributed by atoms with E-state index in [1.807, 2.05) is 0 Å². The normalized spacial score (nSPS) is 10.9. The zero-order valence-corrected chi connectivity index (χ0v) is 12.8. The fourth-order valence-electron chi connectivity index (χ4n) is 2.25. The number of hydrogen-bond acceptors (Lipinski definition) is 5. The highest BCUT2D eigenvalue weighted by molar-refractivity contribution is 6.02. The van der Waals surface area contributed by atoms with E-state index in [0.29, 0.717) is 22.2 Å². The van der Waals surface area contributed by atoms with Crippen molar-refractivity contribution in [3.63, 3.8) is 0 Å². The van der Waals surface area contributed by atoms with Gasteiger partial charge in [-0.05, 0) is 35.9 Å². The van der Waals surface area contributed by atoms with Gasteiger partial charge in [0.1, 0.15) is 5.58 Å². The number of benzene rings is 2. The molecule has 0 saturated carbocycles. The van der Waals surface area contributed by atoms with Gasteiger partial charge in [0.2, 0.25) is 5.91 Å². The molecule has 0 saturated heterocycles. The number of fused-ring (bicyclic) bond motifs is 1. The van der Waals surface area contributed by atoms with E-state index in [2.05, 4.69) is 5.32 Å². The average Bonchev–Trinajstić information content (AvgIpc) is 2.60. The first kappa shape index (κ1) is 16.1. The van der Waals surface area contributed by atoms with E-state index in [9.17, 15) is 19.7 Å². The average molecular weight is 336 g/mol. The van der Waals surface area contributed by atoms with Gasteiger partial charge < -0.3 is 9.73 Å². The second-order valence-corrected chi connectivity index (χ2v) is 5.18. The van der Waals surface area contributed by atoms with E-state index in [0.717, 1.165) is 0 Å². The Labute approximate surface area is 141 Å². The number of nitrogens with one attached hydrogen (secondary N) is 1. The Hall–Kier alpha value is -3.74. The Morgan fingerprint density at radius 1 is 1.12 bits per heavy atom. The van der Waals surface area contributed by atoms with Crippen LogP contribution in [0.2, 0.25) is 0 Å². The summed E-state index contributed by atoms with van der Waals surface area (Å²) in [6.07, 6.45) is 2.77. The van der Waals surface area contributed by atoms with Crippen molar-refractivity contribution in [2.24, 2.45) is 0 Å². The maximum Gasteiger partial charge on any atom is 0.336 e. The van der Waals surface area contributed by atoms with E-state index in [4.69, 9.17) is 4.42 Å². The second-order valence-electron chi connectivity index (χ2n) is 5.18. The van der Waals surface area contributed by atoms with Crippen LogP contribution in [0.4, 0.5) is 11.4 Å². The Bertz CT molecular complexity index is 1050. The lowest BCUT2D eigenvalue weighted by Crippen LogP contribution is -2.07. The number of rotatable bonds is 4. The third-order valence-electron chi connectivity index (χ3n) is 3.40.